The van der Waals surface area contributed by atoms with E-state index in [4.69, 9.17) is 4.42 Å². The van der Waals surface area contributed by atoms with Crippen LogP contribution in [0.3, 0.4) is 0 Å². The van der Waals surface area contributed by atoms with Crippen LogP contribution >= 0.6 is 0 Å². The lowest BCUT2D eigenvalue weighted by Gasteiger charge is -2.24. The molecule has 2 aromatic heterocycles. The number of hydrogen-bond donors (Lipinski definition) is 0. The second kappa shape index (κ2) is 6.38. The first-order valence-electron chi connectivity index (χ1n) is 9.12. The molecule has 0 saturated carbocycles. The molecule has 1 atom stereocenters. The van der Waals surface area contributed by atoms with E-state index < -0.39 is 17.8 Å². The van der Waals surface area contributed by atoms with Crippen LogP contribution in [0.4, 0.5) is 10.2 Å². The van der Waals surface area contributed by atoms with E-state index in [2.05, 4.69) is 4.98 Å². The quantitative estimate of drug-likeness (QED) is 0.513. The van der Waals surface area contributed by atoms with Crippen molar-refractivity contribution in [2.24, 2.45) is 0 Å². The van der Waals surface area contributed by atoms with Crippen molar-refractivity contribution in [1.82, 2.24) is 4.98 Å². The van der Waals surface area contributed by atoms with Gasteiger partial charge in [0.2, 0.25) is 5.76 Å². The summed E-state index contributed by atoms with van der Waals surface area (Å²) in [4.78, 5) is 32.4. The van der Waals surface area contributed by atoms with Gasteiger partial charge in [-0.2, -0.15) is 0 Å². The number of anilines is 1. The molecule has 1 amide bonds. The fourth-order valence-electron chi connectivity index (χ4n) is 3.77. The maximum absolute atomic E-state index is 13.5. The molecule has 0 N–H and O–H groups in total. The number of aryl methyl sites for hydroxylation is 1. The first-order chi connectivity index (χ1) is 14.0. The third-order valence-corrected chi connectivity index (χ3v) is 5.11. The van der Waals surface area contributed by atoms with Gasteiger partial charge in [-0.15, -0.1) is 0 Å². The number of fused-ring (bicyclic) bond motifs is 2. The van der Waals surface area contributed by atoms with Crippen molar-refractivity contribution >= 4 is 22.7 Å². The van der Waals surface area contributed by atoms with Gasteiger partial charge >= 0.3 is 0 Å². The Morgan fingerprint density at radius 1 is 1.03 bits per heavy atom. The Kier molecular flexibility index (Phi) is 3.81. The molecule has 0 spiro atoms. The zero-order chi connectivity index (χ0) is 20.1. The summed E-state index contributed by atoms with van der Waals surface area (Å²) < 4.78 is 19.4. The lowest BCUT2D eigenvalue weighted by molar-refractivity contribution is 0.0970. The minimum absolute atomic E-state index is 0.00803. The summed E-state index contributed by atoms with van der Waals surface area (Å²) in [6.07, 6.45) is 1.61. The second-order valence-electron chi connectivity index (χ2n) is 6.99. The van der Waals surface area contributed by atoms with E-state index in [0.29, 0.717) is 22.4 Å². The molecule has 0 saturated heterocycles. The number of nitrogens with zero attached hydrogens (tertiary/aromatic N) is 2. The van der Waals surface area contributed by atoms with Gasteiger partial charge in [0, 0.05) is 6.20 Å². The Hall–Kier alpha value is -3.80. The van der Waals surface area contributed by atoms with Crippen LogP contribution in [-0.4, -0.2) is 10.9 Å². The summed E-state index contributed by atoms with van der Waals surface area (Å²) in [5, 5.41) is 0.394. The Balaban J connectivity index is 1.82. The minimum atomic E-state index is -0.756. The summed E-state index contributed by atoms with van der Waals surface area (Å²) in [6, 6.07) is 15.4. The van der Waals surface area contributed by atoms with E-state index in [1.54, 1.807) is 48.7 Å². The number of carbonyl (C=O) groups excluding carboxylic acids is 1. The Morgan fingerprint density at radius 3 is 2.55 bits per heavy atom. The van der Waals surface area contributed by atoms with Crippen molar-refractivity contribution < 1.29 is 13.6 Å². The molecule has 0 bridgehead atoms. The number of carbonyl (C=O) groups is 1. The topological polar surface area (TPSA) is 63.4 Å². The lowest BCUT2D eigenvalue weighted by Crippen LogP contribution is -2.30. The van der Waals surface area contributed by atoms with Gasteiger partial charge in [-0.3, -0.25) is 14.5 Å². The highest BCUT2D eigenvalue weighted by atomic mass is 19.1. The number of benzene rings is 2. The molecular formula is C23H15FN2O3. The zero-order valence-electron chi connectivity index (χ0n) is 15.4. The number of halogens is 1. The summed E-state index contributed by atoms with van der Waals surface area (Å²) in [6.45, 7) is 1.89. The van der Waals surface area contributed by atoms with Gasteiger partial charge in [0.05, 0.1) is 17.0 Å². The maximum Gasteiger partial charge on any atom is 0.296 e. The molecule has 0 unspecified atom stereocenters. The highest BCUT2D eigenvalue weighted by Gasteiger charge is 2.44. The third kappa shape index (κ3) is 2.64. The van der Waals surface area contributed by atoms with E-state index in [1.165, 1.54) is 17.0 Å². The van der Waals surface area contributed by atoms with Gasteiger partial charge in [0.1, 0.15) is 17.2 Å². The van der Waals surface area contributed by atoms with Crippen LogP contribution in [-0.2, 0) is 0 Å². The molecule has 4 aromatic rings. The number of para-hydroxylation sites is 1. The van der Waals surface area contributed by atoms with Gasteiger partial charge in [0.15, 0.2) is 5.43 Å². The SMILES string of the molecule is Cc1ccnc(N2C(=O)c3oc4ccccc4c(=O)c3[C@H]2c2ccc(F)cc2)c1. The number of pyridine rings is 1. The number of aromatic nitrogens is 1. The molecule has 0 fully saturated rings. The molecule has 5 rings (SSSR count). The summed E-state index contributed by atoms with van der Waals surface area (Å²) in [7, 11) is 0. The zero-order valence-corrected chi connectivity index (χ0v) is 15.4. The molecule has 0 aliphatic carbocycles. The van der Waals surface area contributed by atoms with Crippen LogP contribution in [0, 0.1) is 12.7 Å². The average Bonchev–Trinajstić information content (AvgIpc) is 3.02. The molecule has 5 nitrogen and oxygen atoms in total. The van der Waals surface area contributed by atoms with Crippen LogP contribution in [0.1, 0.15) is 33.3 Å². The Morgan fingerprint density at radius 2 is 1.79 bits per heavy atom. The monoisotopic (exact) mass is 386 g/mol. The van der Waals surface area contributed by atoms with E-state index in [0.717, 1.165) is 5.56 Å². The molecule has 6 heteroatoms. The van der Waals surface area contributed by atoms with Crippen LogP contribution in [0.5, 0.6) is 0 Å². The fraction of sp³-hybridized carbons (Fsp3) is 0.0870. The predicted molar refractivity (Wildman–Crippen MR) is 107 cm³/mol. The lowest BCUT2D eigenvalue weighted by atomic mass is 9.98. The van der Waals surface area contributed by atoms with Crippen LogP contribution in [0.2, 0.25) is 0 Å². The standard InChI is InChI=1S/C23H15FN2O3/c1-13-10-11-25-18(12-13)26-20(14-6-8-15(24)9-7-14)19-21(27)16-4-2-3-5-17(16)29-22(19)23(26)28/h2-12,20H,1H3/t20-/m1/s1. The molecule has 1 aliphatic rings. The largest absolute Gasteiger partial charge is 0.450 e. The van der Waals surface area contributed by atoms with E-state index in [1.807, 2.05) is 13.0 Å². The smallest absolute Gasteiger partial charge is 0.296 e. The molecule has 142 valence electrons. The van der Waals surface area contributed by atoms with E-state index >= 15 is 0 Å². The van der Waals surface area contributed by atoms with Gasteiger partial charge in [-0.1, -0.05) is 24.3 Å². The average molecular weight is 386 g/mol. The van der Waals surface area contributed by atoms with E-state index in [9.17, 15) is 14.0 Å². The number of hydrogen-bond acceptors (Lipinski definition) is 4. The molecular weight excluding hydrogens is 371 g/mol. The van der Waals surface area contributed by atoms with Gasteiger partial charge in [0.25, 0.3) is 5.91 Å². The summed E-state index contributed by atoms with van der Waals surface area (Å²) >= 11 is 0. The van der Waals surface area contributed by atoms with Gasteiger partial charge in [-0.25, -0.2) is 9.37 Å². The predicted octanol–water partition coefficient (Wildman–Crippen LogP) is 4.39. The van der Waals surface area contributed by atoms with Crippen molar-refractivity contribution in [3.8, 4) is 0 Å². The molecule has 0 radical (unpaired) electrons. The first kappa shape index (κ1) is 17.3. The van der Waals surface area contributed by atoms with Crippen LogP contribution < -0.4 is 10.3 Å². The van der Waals surface area contributed by atoms with Crippen molar-refractivity contribution in [1.29, 1.82) is 0 Å². The molecule has 1 aliphatic heterocycles. The molecule has 3 heterocycles. The van der Waals surface area contributed by atoms with Crippen molar-refractivity contribution in [2.75, 3.05) is 4.90 Å². The highest BCUT2D eigenvalue weighted by molar-refractivity contribution is 6.10. The number of rotatable bonds is 2. The second-order valence-corrected chi connectivity index (χ2v) is 6.99. The van der Waals surface area contributed by atoms with Gasteiger partial charge < -0.3 is 4.42 Å². The van der Waals surface area contributed by atoms with Crippen LogP contribution in [0.15, 0.2) is 76.1 Å². The van der Waals surface area contributed by atoms with Crippen LogP contribution in [0.25, 0.3) is 11.0 Å². The van der Waals surface area contributed by atoms with E-state index in [-0.39, 0.29) is 16.8 Å². The highest BCUT2D eigenvalue weighted by Crippen LogP contribution is 2.40. The van der Waals surface area contributed by atoms with Crippen molar-refractivity contribution in [2.45, 2.75) is 13.0 Å². The normalized spacial score (nSPS) is 15.7. The first-order valence-corrected chi connectivity index (χ1v) is 9.12. The molecule has 2 aromatic carbocycles. The summed E-state index contributed by atoms with van der Waals surface area (Å²) in [5.41, 5.74) is 1.83. The number of amides is 1. The van der Waals surface area contributed by atoms with Crippen molar-refractivity contribution in [3.63, 3.8) is 0 Å². The van der Waals surface area contributed by atoms with Gasteiger partial charge in [-0.05, 0) is 54.4 Å². The fourth-order valence-corrected chi connectivity index (χ4v) is 3.77. The Bertz CT molecular complexity index is 1330. The maximum atomic E-state index is 13.5. The summed E-state index contributed by atoms with van der Waals surface area (Å²) in [5.74, 6) is -0.454. The third-order valence-electron chi connectivity index (χ3n) is 5.11. The van der Waals surface area contributed by atoms with Crippen molar-refractivity contribution in [3.05, 3.63) is 105 Å². The minimum Gasteiger partial charge on any atom is -0.450 e. The Labute approximate surface area is 165 Å². The molecule has 29 heavy (non-hydrogen) atoms.